The number of thioether (sulfide) groups is 1. The molecule has 0 aromatic carbocycles. The van der Waals surface area contributed by atoms with Crippen LogP contribution in [0.15, 0.2) is 12.3 Å². The molecule has 0 atom stereocenters. The summed E-state index contributed by atoms with van der Waals surface area (Å²) in [5, 5.41) is 4.16. The van der Waals surface area contributed by atoms with Crippen LogP contribution in [0.5, 0.6) is 0 Å². The Kier molecular flexibility index (Phi) is 5.21. The quantitative estimate of drug-likeness (QED) is 0.920. The van der Waals surface area contributed by atoms with Crippen molar-refractivity contribution < 1.29 is 0 Å². The van der Waals surface area contributed by atoms with Gasteiger partial charge in [-0.05, 0) is 25.5 Å². The van der Waals surface area contributed by atoms with E-state index in [0.717, 1.165) is 41.8 Å². The largest absolute Gasteiger partial charge is 0.354 e. The minimum atomic E-state index is 0.288. The molecular weight excluding hydrogens is 290 g/mol. The third kappa shape index (κ3) is 4.27. The van der Waals surface area contributed by atoms with Gasteiger partial charge in [-0.1, -0.05) is 25.4 Å². The molecule has 5 heteroatoms. The number of rotatable bonds is 4. The van der Waals surface area contributed by atoms with E-state index >= 15 is 0 Å². The maximum absolute atomic E-state index is 6.25. The third-order valence-electron chi connectivity index (χ3n) is 3.37. The molecule has 1 N–H and O–H groups in total. The van der Waals surface area contributed by atoms with Gasteiger partial charge in [0.25, 0.3) is 0 Å². The molecule has 0 amide bonds. The van der Waals surface area contributed by atoms with Gasteiger partial charge in [0.2, 0.25) is 0 Å². The van der Waals surface area contributed by atoms with E-state index < -0.39 is 0 Å². The van der Waals surface area contributed by atoms with Gasteiger partial charge in [-0.25, -0.2) is 4.98 Å². The van der Waals surface area contributed by atoms with E-state index in [2.05, 4.69) is 49.0 Å². The maximum Gasteiger partial charge on any atom is 0.128 e. The Hall–Kier alpha value is -0.450. The summed E-state index contributed by atoms with van der Waals surface area (Å²) in [6.45, 7) is 11.7. The maximum atomic E-state index is 6.25. The molecule has 0 aliphatic carbocycles. The summed E-state index contributed by atoms with van der Waals surface area (Å²) in [5.74, 6) is 2.19. The lowest BCUT2D eigenvalue weighted by atomic mass is 10.1. The average molecular weight is 314 g/mol. The van der Waals surface area contributed by atoms with Crippen molar-refractivity contribution in [2.24, 2.45) is 0 Å². The third-order valence-corrected chi connectivity index (χ3v) is 5.01. The van der Waals surface area contributed by atoms with Crippen LogP contribution < -0.4 is 10.2 Å². The highest BCUT2D eigenvalue weighted by atomic mass is 35.5. The van der Waals surface area contributed by atoms with Crippen LogP contribution in [0, 0.1) is 0 Å². The number of hydrogen-bond acceptors (Lipinski definition) is 4. The fourth-order valence-corrected chi connectivity index (χ4v) is 3.58. The normalized spacial score (nSPS) is 18.6. The minimum Gasteiger partial charge on any atom is -0.354 e. The Labute approximate surface area is 131 Å². The molecule has 1 aromatic rings. The van der Waals surface area contributed by atoms with Crippen LogP contribution in [0.1, 0.15) is 33.3 Å². The summed E-state index contributed by atoms with van der Waals surface area (Å²) < 4.78 is 0.288. The second-order valence-electron chi connectivity index (χ2n) is 6.20. The lowest BCUT2D eigenvalue weighted by molar-refractivity contribution is 0.588. The van der Waals surface area contributed by atoms with E-state index in [4.69, 9.17) is 11.6 Å². The number of anilines is 1. The van der Waals surface area contributed by atoms with Crippen molar-refractivity contribution in [2.75, 3.05) is 23.7 Å². The van der Waals surface area contributed by atoms with Crippen molar-refractivity contribution in [1.82, 2.24) is 10.3 Å². The summed E-state index contributed by atoms with van der Waals surface area (Å²) in [4.78, 5) is 6.88. The monoisotopic (exact) mass is 313 g/mol. The zero-order valence-corrected chi connectivity index (χ0v) is 14.3. The van der Waals surface area contributed by atoms with Crippen LogP contribution in [0.2, 0.25) is 5.02 Å². The minimum absolute atomic E-state index is 0.288. The second-order valence-corrected chi connectivity index (χ2v) is 8.41. The molecule has 1 aromatic heterocycles. The lowest BCUT2D eigenvalue weighted by Gasteiger charge is -2.38. The molecule has 0 bridgehead atoms. The molecule has 3 nitrogen and oxygen atoms in total. The van der Waals surface area contributed by atoms with Crippen molar-refractivity contribution in [1.29, 1.82) is 0 Å². The van der Waals surface area contributed by atoms with E-state index in [-0.39, 0.29) is 4.75 Å². The average Bonchev–Trinajstić information content (AvgIpc) is 2.36. The van der Waals surface area contributed by atoms with Crippen LogP contribution in [-0.2, 0) is 6.54 Å². The van der Waals surface area contributed by atoms with Gasteiger partial charge in [0.1, 0.15) is 5.82 Å². The fourth-order valence-electron chi connectivity index (χ4n) is 2.30. The molecule has 1 saturated heterocycles. The first kappa shape index (κ1) is 15.9. The van der Waals surface area contributed by atoms with Crippen LogP contribution in [-0.4, -0.2) is 34.6 Å². The van der Waals surface area contributed by atoms with E-state index in [1.165, 1.54) is 0 Å². The predicted molar refractivity (Wildman–Crippen MR) is 90.0 cm³/mol. The molecule has 0 unspecified atom stereocenters. The number of halogens is 1. The standard InChI is InChI=1S/C15H24ClN3S/c1-11(2)17-8-12-7-14(18-9-13(12)16)19-5-6-20-15(3,4)10-19/h7,9,11,17H,5-6,8,10H2,1-4H3. The van der Waals surface area contributed by atoms with Crippen LogP contribution in [0.3, 0.4) is 0 Å². The fraction of sp³-hybridized carbons (Fsp3) is 0.667. The first-order valence-corrected chi connectivity index (χ1v) is 8.50. The molecular formula is C15H24ClN3S. The molecule has 2 heterocycles. The van der Waals surface area contributed by atoms with Crippen molar-refractivity contribution >= 4 is 29.2 Å². The van der Waals surface area contributed by atoms with Gasteiger partial charge < -0.3 is 10.2 Å². The van der Waals surface area contributed by atoms with Gasteiger partial charge in [0.15, 0.2) is 0 Å². The molecule has 0 saturated carbocycles. The first-order chi connectivity index (χ1) is 9.37. The summed E-state index contributed by atoms with van der Waals surface area (Å²) >= 11 is 8.28. The number of hydrogen-bond donors (Lipinski definition) is 1. The van der Waals surface area contributed by atoms with Gasteiger partial charge in [-0.2, -0.15) is 11.8 Å². The van der Waals surface area contributed by atoms with Gasteiger partial charge in [0, 0.05) is 42.4 Å². The summed E-state index contributed by atoms with van der Waals surface area (Å²) in [5.41, 5.74) is 1.13. The molecule has 20 heavy (non-hydrogen) atoms. The second kappa shape index (κ2) is 6.54. The number of nitrogens with zero attached hydrogens (tertiary/aromatic N) is 2. The number of nitrogens with one attached hydrogen (secondary N) is 1. The zero-order valence-electron chi connectivity index (χ0n) is 12.7. The van der Waals surface area contributed by atoms with Crippen LogP contribution in [0.25, 0.3) is 0 Å². The highest BCUT2D eigenvalue weighted by molar-refractivity contribution is 8.00. The SMILES string of the molecule is CC(C)NCc1cc(N2CCSC(C)(C)C2)ncc1Cl. The van der Waals surface area contributed by atoms with Gasteiger partial charge >= 0.3 is 0 Å². The molecule has 2 rings (SSSR count). The Morgan fingerprint density at radius 3 is 2.90 bits per heavy atom. The Bertz CT molecular complexity index is 462. The first-order valence-electron chi connectivity index (χ1n) is 7.14. The van der Waals surface area contributed by atoms with Gasteiger partial charge in [-0.15, -0.1) is 0 Å². The predicted octanol–water partition coefficient (Wildman–Crippen LogP) is 3.56. The van der Waals surface area contributed by atoms with Crippen LogP contribution >= 0.6 is 23.4 Å². The van der Waals surface area contributed by atoms with Crippen molar-refractivity contribution in [3.63, 3.8) is 0 Å². The number of pyridine rings is 1. The Balaban J connectivity index is 2.14. The molecule has 112 valence electrons. The van der Waals surface area contributed by atoms with Crippen molar-refractivity contribution in [3.8, 4) is 0 Å². The van der Waals surface area contributed by atoms with E-state index in [1.54, 1.807) is 6.20 Å². The van der Waals surface area contributed by atoms with Gasteiger partial charge in [0.05, 0.1) is 5.02 Å². The lowest BCUT2D eigenvalue weighted by Crippen LogP contribution is -2.43. The molecule has 0 spiro atoms. The highest BCUT2D eigenvalue weighted by Crippen LogP contribution is 2.32. The molecule has 1 fully saturated rings. The van der Waals surface area contributed by atoms with Crippen molar-refractivity contribution in [2.45, 2.75) is 45.0 Å². The van der Waals surface area contributed by atoms with Gasteiger partial charge in [-0.3, -0.25) is 0 Å². The summed E-state index contributed by atoms with van der Waals surface area (Å²) in [6.07, 6.45) is 1.78. The topological polar surface area (TPSA) is 28.2 Å². The molecule has 1 aliphatic heterocycles. The number of aromatic nitrogens is 1. The van der Waals surface area contributed by atoms with E-state index in [0.29, 0.717) is 6.04 Å². The highest BCUT2D eigenvalue weighted by Gasteiger charge is 2.27. The zero-order chi connectivity index (χ0) is 14.8. The van der Waals surface area contributed by atoms with Crippen LogP contribution in [0.4, 0.5) is 5.82 Å². The summed E-state index contributed by atoms with van der Waals surface area (Å²) in [6, 6.07) is 2.58. The Morgan fingerprint density at radius 2 is 2.25 bits per heavy atom. The summed E-state index contributed by atoms with van der Waals surface area (Å²) in [7, 11) is 0. The van der Waals surface area contributed by atoms with Crippen molar-refractivity contribution in [3.05, 3.63) is 22.8 Å². The van der Waals surface area contributed by atoms with E-state index in [9.17, 15) is 0 Å². The van der Waals surface area contributed by atoms with E-state index in [1.807, 2.05) is 11.8 Å². The smallest absolute Gasteiger partial charge is 0.128 e. The molecule has 0 radical (unpaired) electrons. The molecule has 1 aliphatic rings. The Morgan fingerprint density at radius 1 is 1.50 bits per heavy atom.